The normalized spacial score (nSPS) is 19.6. The Bertz CT molecular complexity index is 1070. The van der Waals surface area contributed by atoms with Crippen LogP contribution in [0.2, 0.25) is 0 Å². The summed E-state index contributed by atoms with van der Waals surface area (Å²) in [6, 6.07) is 15.0. The molecule has 8 heteroatoms. The molecular weight excluding hydrogens is 498 g/mol. The number of amides is 3. The van der Waals surface area contributed by atoms with E-state index in [-0.39, 0.29) is 18.5 Å². The molecule has 2 aliphatic rings. The van der Waals surface area contributed by atoms with Gasteiger partial charge >= 0.3 is 12.0 Å². The maximum absolute atomic E-state index is 13.2. The largest absolute Gasteiger partial charge is 0.467 e. The zero-order valence-corrected chi connectivity index (χ0v) is 21.1. The molecule has 0 aromatic heterocycles. The van der Waals surface area contributed by atoms with Crippen LogP contribution < -0.4 is 10.6 Å². The molecule has 0 bridgehead atoms. The Morgan fingerprint density at radius 2 is 1.91 bits per heavy atom. The van der Waals surface area contributed by atoms with Gasteiger partial charge in [0.25, 0.3) is 0 Å². The number of nitrogens with one attached hydrogen (secondary N) is 2. The molecule has 180 valence electrons. The van der Waals surface area contributed by atoms with E-state index in [9.17, 15) is 14.4 Å². The molecule has 2 aromatic rings. The number of rotatable bonds is 8. The van der Waals surface area contributed by atoms with Crippen molar-refractivity contribution in [2.75, 3.05) is 13.7 Å². The van der Waals surface area contributed by atoms with Crippen LogP contribution >= 0.6 is 15.9 Å². The number of benzene rings is 2. The van der Waals surface area contributed by atoms with Crippen LogP contribution in [0.1, 0.15) is 42.9 Å². The zero-order chi connectivity index (χ0) is 24.3. The molecule has 3 amide bonds. The predicted molar refractivity (Wildman–Crippen MR) is 132 cm³/mol. The summed E-state index contributed by atoms with van der Waals surface area (Å²) in [6.07, 6.45) is 3.26. The van der Waals surface area contributed by atoms with Crippen LogP contribution in [0.5, 0.6) is 0 Å². The third-order valence-electron chi connectivity index (χ3n) is 6.87. The summed E-state index contributed by atoms with van der Waals surface area (Å²) >= 11 is 3.45. The van der Waals surface area contributed by atoms with Crippen LogP contribution in [0.25, 0.3) is 0 Å². The first kappa shape index (κ1) is 24.3. The molecule has 7 nitrogen and oxygen atoms in total. The number of halogens is 1. The second kappa shape index (κ2) is 10.2. The van der Waals surface area contributed by atoms with Gasteiger partial charge in [-0.25, -0.2) is 9.59 Å². The Hall–Kier alpha value is -2.87. The molecule has 1 fully saturated rings. The number of aryl methyl sites for hydroxylation is 1. The van der Waals surface area contributed by atoms with Gasteiger partial charge in [-0.2, -0.15) is 0 Å². The Morgan fingerprint density at radius 1 is 1.18 bits per heavy atom. The summed E-state index contributed by atoms with van der Waals surface area (Å²) in [5.74, 6) is -0.178. The fourth-order valence-corrected chi connectivity index (χ4v) is 5.19. The van der Waals surface area contributed by atoms with E-state index in [1.54, 1.807) is 0 Å². The second-order valence-corrected chi connectivity index (χ2v) is 10.0. The second-order valence-electron chi connectivity index (χ2n) is 9.09. The van der Waals surface area contributed by atoms with Crippen LogP contribution in [0.4, 0.5) is 4.79 Å². The molecule has 0 radical (unpaired) electrons. The van der Waals surface area contributed by atoms with Gasteiger partial charge in [0.1, 0.15) is 0 Å². The number of methoxy groups -OCH3 is 1. The number of hydrogen-bond acceptors (Lipinski definition) is 4. The van der Waals surface area contributed by atoms with Crippen molar-refractivity contribution in [2.24, 2.45) is 5.92 Å². The van der Waals surface area contributed by atoms with Crippen LogP contribution in [-0.2, 0) is 32.8 Å². The van der Waals surface area contributed by atoms with E-state index in [4.69, 9.17) is 4.74 Å². The Kier molecular flexibility index (Phi) is 7.26. The fraction of sp³-hybridized carbons (Fsp3) is 0.423. The van der Waals surface area contributed by atoms with Crippen LogP contribution in [0, 0.1) is 5.92 Å². The molecule has 2 aromatic carbocycles. The molecule has 0 unspecified atom stereocenters. The summed E-state index contributed by atoms with van der Waals surface area (Å²) in [6.45, 7) is 2.41. The SMILES string of the molecule is COC(=O)[C@]1(NC(=O)NCC(=O)N(Cc2ccccc2)[C@@H](C)C2CC2)CCc2cc(Br)ccc21. The first-order valence-corrected chi connectivity index (χ1v) is 12.4. The minimum Gasteiger partial charge on any atom is -0.467 e. The number of carbonyl (C=O) groups is 3. The van der Waals surface area contributed by atoms with Gasteiger partial charge in [-0.3, -0.25) is 4.79 Å². The van der Waals surface area contributed by atoms with Gasteiger partial charge < -0.3 is 20.3 Å². The lowest BCUT2D eigenvalue weighted by molar-refractivity contribution is -0.148. The highest BCUT2D eigenvalue weighted by Gasteiger charge is 2.48. The third kappa shape index (κ3) is 5.12. The van der Waals surface area contributed by atoms with Crippen molar-refractivity contribution in [3.63, 3.8) is 0 Å². The molecule has 0 spiro atoms. The molecular formula is C26H30BrN3O4. The van der Waals surface area contributed by atoms with Crippen LogP contribution in [0.15, 0.2) is 53.0 Å². The maximum Gasteiger partial charge on any atom is 0.336 e. The standard InChI is InChI=1S/C26H30BrN3O4/c1-17(19-8-9-19)30(16-18-6-4-3-5-7-18)23(31)15-28-25(33)29-26(24(32)34-2)13-12-20-14-21(27)10-11-22(20)26/h3-7,10-11,14,17,19H,8-9,12-13,15-16H2,1-2H3,(H2,28,29,33)/t17-,26-/m0/s1. The molecule has 2 N–H and O–H groups in total. The summed E-state index contributed by atoms with van der Waals surface area (Å²) in [4.78, 5) is 40.7. The van der Waals surface area contributed by atoms with Crippen molar-refractivity contribution < 1.29 is 19.1 Å². The number of fused-ring (bicyclic) bond motifs is 1. The van der Waals surface area contributed by atoms with Crippen LogP contribution in [-0.4, -0.2) is 42.5 Å². The lowest BCUT2D eigenvalue weighted by Gasteiger charge is -2.31. The molecule has 0 saturated heterocycles. The number of esters is 1. The summed E-state index contributed by atoms with van der Waals surface area (Å²) in [5.41, 5.74) is 1.47. The van der Waals surface area contributed by atoms with Gasteiger partial charge in [-0.1, -0.05) is 52.3 Å². The summed E-state index contributed by atoms with van der Waals surface area (Å²) in [5, 5.41) is 5.49. The number of nitrogens with zero attached hydrogens (tertiary/aromatic N) is 1. The van der Waals surface area contributed by atoms with E-state index in [2.05, 4.69) is 33.5 Å². The highest BCUT2D eigenvalue weighted by molar-refractivity contribution is 9.10. The topological polar surface area (TPSA) is 87.7 Å². The Balaban J connectivity index is 1.44. The highest BCUT2D eigenvalue weighted by Crippen LogP contribution is 2.39. The van der Waals surface area contributed by atoms with Gasteiger partial charge in [0, 0.05) is 17.1 Å². The molecule has 34 heavy (non-hydrogen) atoms. The Labute approximate surface area is 208 Å². The minimum absolute atomic E-state index is 0.0964. The van der Waals surface area contributed by atoms with E-state index < -0.39 is 17.5 Å². The maximum atomic E-state index is 13.2. The first-order valence-electron chi connectivity index (χ1n) is 11.6. The number of ether oxygens (including phenoxy) is 1. The van der Waals surface area contributed by atoms with Crippen molar-refractivity contribution in [3.8, 4) is 0 Å². The van der Waals surface area contributed by atoms with Crippen molar-refractivity contribution in [1.29, 1.82) is 0 Å². The van der Waals surface area contributed by atoms with Crippen LogP contribution in [0.3, 0.4) is 0 Å². The van der Waals surface area contributed by atoms with Gasteiger partial charge in [0.15, 0.2) is 5.54 Å². The monoisotopic (exact) mass is 527 g/mol. The number of urea groups is 1. The molecule has 4 rings (SSSR count). The Morgan fingerprint density at radius 3 is 2.59 bits per heavy atom. The van der Waals surface area contributed by atoms with Crippen molar-refractivity contribution in [3.05, 3.63) is 69.7 Å². The van der Waals surface area contributed by atoms with Gasteiger partial charge in [-0.15, -0.1) is 0 Å². The molecule has 0 heterocycles. The summed E-state index contributed by atoms with van der Waals surface area (Å²) < 4.78 is 5.96. The molecule has 1 saturated carbocycles. The smallest absolute Gasteiger partial charge is 0.336 e. The highest BCUT2D eigenvalue weighted by atomic mass is 79.9. The molecule has 2 atom stereocenters. The third-order valence-corrected chi connectivity index (χ3v) is 7.36. The zero-order valence-electron chi connectivity index (χ0n) is 19.5. The quantitative estimate of drug-likeness (QED) is 0.509. The average molecular weight is 528 g/mol. The van der Waals surface area contributed by atoms with Gasteiger partial charge in [0.05, 0.1) is 13.7 Å². The van der Waals surface area contributed by atoms with Crippen molar-refractivity contribution >= 4 is 33.8 Å². The van der Waals surface area contributed by atoms with Gasteiger partial charge in [0.2, 0.25) is 5.91 Å². The fourth-order valence-electron chi connectivity index (χ4n) is 4.78. The number of carbonyl (C=O) groups excluding carboxylic acids is 3. The van der Waals surface area contributed by atoms with E-state index in [1.807, 2.05) is 53.4 Å². The van der Waals surface area contributed by atoms with E-state index in [0.29, 0.717) is 25.3 Å². The van der Waals surface area contributed by atoms with Gasteiger partial charge in [-0.05, 0) is 67.3 Å². The minimum atomic E-state index is -1.27. The number of hydrogen-bond donors (Lipinski definition) is 2. The van der Waals surface area contributed by atoms with E-state index >= 15 is 0 Å². The predicted octanol–water partition coefficient (Wildman–Crippen LogP) is 3.89. The van der Waals surface area contributed by atoms with E-state index in [1.165, 1.54) is 7.11 Å². The molecule has 0 aliphatic heterocycles. The lowest BCUT2D eigenvalue weighted by Crippen LogP contribution is -2.55. The van der Waals surface area contributed by atoms with Crippen molar-refractivity contribution in [2.45, 2.75) is 50.7 Å². The first-order chi connectivity index (χ1) is 16.3. The summed E-state index contributed by atoms with van der Waals surface area (Å²) in [7, 11) is 1.31. The van der Waals surface area contributed by atoms with E-state index in [0.717, 1.165) is 34.0 Å². The molecule has 2 aliphatic carbocycles. The lowest BCUT2D eigenvalue weighted by atomic mass is 9.92. The van der Waals surface area contributed by atoms with Crippen molar-refractivity contribution in [1.82, 2.24) is 15.5 Å². The average Bonchev–Trinajstić information content (AvgIpc) is 3.63.